The number of rotatable bonds is 1. The van der Waals surface area contributed by atoms with E-state index in [9.17, 15) is 9.90 Å². The lowest BCUT2D eigenvalue weighted by Gasteiger charge is -2.02. The number of aromatic nitrogens is 3. The number of benzene rings is 2. The summed E-state index contributed by atoms with van der Waals surface area (Å²) < 4.78 is 2.78. The van der Waals surface area contributed by atoms with Crippen molar-refractivity contribution in [3.05, 3.63) is 70.8 Å². The maximum absolute atomic E-state index is 12.8. The van der Waals surface area contributed by atoms with Gasteiger partial charge in [-0.25, -0.2) is 9.36 Å². The molecule has 4 rings (SSSR count). The van der Waals surface area contributed by atoms with Crippen LogP contribution in [0.4, 0.5) is 0 Å². The van der Waals surface area contributed by atoms with E-state index < -0.39 is 0 Å². The summed E-state index contributed by atoms with van der Waals surface area (Å²) in [6.07, 6.45) is 1.52. The molecule has 5 nitrogen and oxygen atoms in total. The van der Waals surface area contributed by atoms with Crippen molar-refractivity contribution in [3.8, 4) is 11.6 Å². The van der Waals surface area contributed by atoms with Crippen molar-refractivity contribution < 1.29 is 5.11 Å². The predicted octanol–water partition coefficient (Wildman–Crippen LogP) is 2.65. The smallest absolute Gasteiger partial charge is 0.340 e. The van der Waals surface area contributed by atoms with Gasteiger partial charge in [-0.1, -0.05) is 29.8 Å². The summed E-state index contributed by atoms with van der Waals surface area (Å²) >= 11 is 0. The Kier molecular flexibility index (Phi) is 2.56. The third-order valence-corrected chi connectivity index (χ3v) is 3.81. The van der Waals surface area contributed by atoms with Gasteiger partial charge in [0.05, 0.1) is 22.9 Å². The van der Waals surface area contributed by atoms with Crippen LogP contribution in [0.5, 0.6) is 5.88 Å². The predicted molar refractivity (Wildman–Crippen MR) is 84.7 cm³/mol. The van der Waals surface area contributed by atoms with Crippen LogP contribution in [0.25, 0.3) is 22.2 Å². The molecule has 5 heteroatoms. The highest BCUT2D eigenvalue weighted by atomic mass is 16.3. The number of para-hydroxylation sites is 2. The monoisotopic (exact) mass is 291 g/mol. The molecule has 0 bridgehead atoms. The molecule has 0 saturated carbocycles. The molecular weight excluding hydrogens is 278 g/mol. The zero-order valence-electron chi connectivity index (χ0n) is 11.9. The Labute approximate surface area is 125 Å². The average Bonchev–Trinajstić information content (AvgIpc) is 2.80. The molecule has 0 aliphatic rings. The van der Waals surface area contributed by atoms with Gasteiger partial charge in [0.1, 0.15) is 5.52 Å². The third-order valence-electron chi connectivity index (χ3n) is 3.81. The molecule has 0 saturated heterocycles. The molecule has 4 aromatic rings. The lowest BCUT2D eigenvalue weighted by Crippen LogP contribution is -2.19. The summed E-state index contributed by atoms with van der Waals surface area (Å²) in [7, 11) is 0. The maximum atomic E-state index is 12.8. The van der Waals surface area contributed by atoms with Gasteiger partial charge >= 0.3 is 5.69 Å². The van der Waals surface area contributed by atoms with Crippen molar-refractivity contribution in [1.29, 1.82) is 0 Å². The van der Waals surface area contributed by atoms with E-state index in [4.69, 9.17) is 0 Å². The Morgan fingerprint density at radius 2 is 1.73 bits per heavy atom. The van der Waals surface area contributed by atoms with Crippen molar-refractivity contribution >= 4 is 16.6 Å². The molecule has 108 valence electrons. The standard InChI is InChI=1S/C17H13N3O2/c1-11-6-8-12(9-7-11)19-16(21)15-10-18-13-4-2-3-5-14(13)20(15)17(19)22/h2-10,21H,1H3. The lowest BCUT2D eigenvalue weighted by atomic mass is 10.2. The first-order valence-corrected chi connectivity index (χ1v) is 6.94. The first-order chi connectivity index (χ1) is 10.7. The fourth-order valence-corrected chi connectivity index (χ4v) is 2.68. The second kappa shape index (κ2) is 4.46. The Bertz CT molecular complexity index is 1060. The molecule has 2 heterocycles. The zero-order valence-corrected chi connectivity index (χ0v) is 11.9. The van der Waals surface area contributed by atoms with Crippen LogP contribution in [0.3, 0.4) is 0 Å². The molecule has 0 radical (unpaired) electrons. The fraction of sp³-hybridized carbons (Fsp3) is 0.0588. The van der Waals surface area contributed by atoms with Crippen molar-refractivity contribution in [2.45, 2.75) is 6.92 Å². The molecule has 2 aromatic carbocycles. The number of hydrogen-bond acceptors (Lipinski definition) is 3. The number of aromatic hydroxyl groups is 1. The van der Waals surface area contributed by atoms with Gasteiger partial charge in [-0.15, -0.1) is 0 Å². The molecule has 0 aliphatic carbocycles. The Hall–Kier alpha value is -3.08. The van der Waals surface area contributed by atoms with Crippen LogP contribution in [0.2, 0.25) is 0 Å². The van der Waals surface area contributed by atoms with E-state index in [-0.39, 0.29) is 11.6 Å². The van der Waals surface area contributed by atoms with E-state index in [0.717, 1.165) is 5.56 Å². The van der Waals surface area contributed by atoms with Gasteiger partial charge in [0.2, 0.25) is 5.88 Å². The summed E-state index contributed by atoms with van der Waals surface area (Å²) in [5.41, 5.74) is 3.18. The van der Waals surface area contributed by atoms with Crippen molar-refractivity contribution in [2.75, 3.05) is 0 Å². The van der Waals surface area contributed by atoms with E-state index >= 15 is 0 Å². The second-order valence-corrected chi connectivity index (χ2v) is 5.24. The van der Waals surface area contributed by atoms with Crippen molar-refractivity contribution in [2.24, 2.45) is 0 Å². The number of aryl methyl sites for hydroxylation is 1. The molecule has 1 N–H and O–H groups in total. The van der Waals surface area contributed by atoms with Crippen LogP contribution >= 0.6 is 0 Å². The minimum atomic E-state index is -0.310. The number of fused-ring (bicyclic) bond motifs is 3. The highest BCUT2D eigenvalue weighted by Gasteiger charge is 2.17. The molecule has 0 spiro atoms. The van der Waals surface area contributed by atoms with Crippen LogP contribution in [0, 0.1) is 6.92 Å². The van der Waals surface area contributed by atoms with Crippen molar-refractivity contribution in [3.63, 3.8) is 0 Å². The molecule has 0 fully saturated rings. The first kappa shape index (κ1) is 12.6. The lowest BCUT2D eigenvalue weighted by molar-refractivity contribution is 0.446. The molecular formula is C17H13N3O2. The van der Waals surface area contributed by atoms with Crippen molar-refractivity contribution in [1.82, 2.24) is 14.0 Å². The van der Waals surface area contributed by atoms with Gasteiger partial charge in [0.15, 0.2) is 0 Å². The summed E-state index contributed by atoms with van der Waals surface area (Å²) in [5.74, 6) is -0.105. The minimum absolute atomic E-state index is 0.105. The second-order valence-electron chi connectivity index (χ2n) is 5.24. The molecule has 0 amide bonds. The topological polar surface area (TPSA) is 59.5 Å². The van der Waals surface area contributed by atoms with Gasteiger partial charge in [0, 0.05) is 0 Å². The van der Waals surface area contributed by atoms with E-state index in [2.05, 4.69) is 4.98 Å². The van der Waals surface area contributed by atoms with Gasteiger partial charge in [-0.3, -0.25) is 9.38 Å². The highest BCUT2D eigenvalue weighted by Crippen LogP contribution is 2.24. The summed E-state index contributed by atoms with van der Waals surface area (Å²) in [6, 6.07) is 14.8. The van der Waals surface area contributed by atoms with E-state index in [1.807, 2.05) is 55.5 Å². The van der Waals surface area contributed by atoms with E-state index in [0.29, 0.717) is 22.2 Å². The molecule has 2 aromatic heterocycles. The van der Waals surface area contributed by atoms with Gasteiger partial charge in [-0.2, -0.15) is 0 Å². The number of nitrogens with zero attached hydrogens (tertiary/aromatic N) is 3. The zero-order chi connectivity index (χ0) is 15.3. The molecule has 0 unspecified atom stereocenters. The summed E-state index contributed by atoms with van der Waals surface area (Å²) in [4.78, 5) is 17.1. The Morgan fingerprint density at radius 3 is 2.50 bits per heavy atom. The first-order valence-electron chi connectivity index (χ1n) is 6.94. The highest BCUT2D eigenvalue weighted by molar-refractivity contribution is 5.79. The van der Waals surface area contributed by atoms with Crippen LogP contribution in [-0.2, 0) is 0 Å². The SMILES string of the molecule is Cc1ccc(-n2c(O)c3cnc4ccccc4n3c2=O)cc1. The van der Waals surface area contributed by atoms with Gasteiger partial charge < -0.3 is 5.11 Å². The Morgan fingerprint density at radius 1 is 1.00 bits per heavy atom. The quantitative estimate of drug-likeness (QED) is 0.586. The van der Waals surface area contributed by atoms with Crippen LogP contribution in [0.1, 0.15) is 5.56 Å². The largest absolute Gasteiger partial charge is 0.493 e. The maximum Gasteiger partial charge on any atom is 0.340 e. The normalized spacial score (nSPS) is 11.3. The van der Waals surface area contributed by atoms with Crippen LogP contribution in [0.15, 0.2) is 59.5 Å². The number of imidazole rings is 1. The Balaban J connectivity index is 2.15. The van der Waals surface area contributed by atoms with Gasteiger partial charge in [-0.05, 0) is 31.2 Å². The van der Waals surface area contributed by atoms with Gasteiger partial charge in [0.25, 0.3) is 0 Å². The average molecular weight is 291 g/mol. The molecule has 0 atom stereocenters. The fourth-order valence-electron chi connectivity index (χ4n) is 2.68. The number of hydrogen-bond donors (Lipinski definition) is 1. The van der Waals surface area contributed by atoms with Crippen LogP contribution < -0.4 is 5.69 Å². The molecule has 22 heavy (non-hydrogen) atoms. The summed E-state index contributed by atoms with van der Waals surface area (Å²) in [6.45, 7) is 1.97. The van der Waals surface area contributed by atoms with E-state index in [1.54, 1.807) is 0 Å². The minimum Gasteiger partial charge on any atom is -0.493 e. The third kappa shape index (κ3) is 1.65. The van der Waals surface area contributed by atoms with Crippen LogP contribution in [-0.4, -0.2) is 19.1 Å². The van der Waals surface area contributed by atoms with E-state index in [1.165, 1.54) is 15.2 Å². The molecule has 0 aliphatic heterocycles. The summed E-state index contributed by atoms with van der Waals surface area (Å²) in [5, 5.41) is 10.5.